The van der Waals surface area contributed by atoms with Gasteiger partial charge in [-0.1, -0.05) is 19.1 Å². The molecule has 1 fully saturated rings. The zero-order valence-corrected chi connectivity index (χ0v) is 19.4. The first-order valence-corrected chi connectivity index (χ1v) is 11.5. The van der Waals surface area contributed by atoms with Crippen LogP contribution in [0.3, 0.4) is 0 Å². The Morgan fingerprint density at radius 3 is 2.62 bits per heavy atom. The molecule has 0 aliphatic carbocycles. The van der Waals surface area contributed by atoms with E-state index in [0.29, 0.717) is 42.3 Å². The van der Waals surface area contributed by atoms with Gasteiger partial charge in [-0.2, -0.15) is 9.61 Å². The molecule has 7 heteroatoms. The van der Waals surface area contributed by atoms with Crippen molar-refractivity contribution >= 4 is 11.6 Å². The SMILES string of the molecule is CCn1c(C)c(CCC(=O)N2CCC(C)CC2)c(=O)n2nc(-c3ccccc3OC)cc12. The molecule has 170 valence electrons. The largest absolute Gasteiger partial charge is 0.496 e. The van der Waals surface area contributed by atoms with E-state index in [0.717, 1.165) is 42.8 Å². The van der Waals surface area contributed by atoms with Gasteiger partial charge in [-0.25, -0.2) is 0 Å². The molecule has 0 atom stereocenters. The topological polar surface area (TPSA) is 68.8 Å². The van der Waals surface area contributed by atoms with Gasteiger partial charge in [0, 0.05) is 48.9 Å². The maximum atomic E-state index is 13.4. The molecule has 0 spiro atoms. The van der Waals surface area contributed by atoms with Gasteiger partial charge >= 0.3 is 0 Å². The van der Waals surface area contributed by atoms with Crippen LogP contribution >= 0.6 is 0 Å². The van der Waals surface area contributed by atoms with Crippen LogP contribution in [0, 0.1) is 12.8 Å². The predicted molar refractivity (Wildman–Crippen MR) is 125 cm³/mol. The summed E-state index contributed by atoms with van der Waals surface area (Å²) in [5, 5.41) is 4.63. The van der Waals surface area contributed by atoms with Gasteiger partial charge < -0.3 is 14.2 Å². The number of nitrogens with zero attached hydrogens (tertiary/aromatic N) is 4. The Bertz CT molecular complexity index is 1190. The number of carbonyl (C=O) groups is 1. The number of likely N-dealkylation sites (tertiary alicyclic amines) is 1. The molecule has 0 radical (unpaired) electrons. The monoisotopic (exact) mass is 436 g/mol. The minimum absolute atomic E-state index is 0.133. The Labute approximate surface area is 188 Å². The number of fused-ring (bicyclic) bond motifs is 1. The van der Waals surface area contributed by atoms with E-state index in [9.17, 15) is 9.59 Å². The highest BCUT2D eigenvalue weighted by Gasteiger charge is 2.22. The average Bonchev–Trinajstić information content (AvgIpc) is 3.25. The molecule has 2 aromatic heterocycles. The zero-order chi connectivity index (χ0) is 22.8. The molecule has 1 amide bonds. The number of methoxy groups -OCH3 is 1. The fraction of sp³-hybridized carbons (Fsp3) is 0.480. The number of piperidine rings is 1. The minimum atomic E-state index is -0.150. The van der Waals surface area contributed by atoms with Crippen LogP contribution < -0.4 is 10.3 Å². The van der Waals surface area contributed by atoms with Crippen molar-refractivity contribution in [2.45, 2.75) is 53.0 Å². The third kappa shape index (κ3) is 4.04. The number of rotatable bonds is 6. The minimum Gasteiger partial charge on any atom is -0.496 e. The van der Waals surface area contributed by atoms with Crippen molar-refractivity contribution in [1.82, 2.24) is 19.1 Å². The molecule has 4 rings (SSSR count). The smallest absolute Gasteiger partial charge is 0.277 e. The highest BCUT2D eigenvalue weighted by Crippen LogP contribution is 2.29. The molecule has 3 heterocycles. The number of aromatic nitrogens is 3. The number of aryl methyl sites for hydroxylation is 1. The predicted octanol–water partition coefficient (Wildman–Crippen LogP) is 3.69. The number of hydrogen-bond acceptors (Lipinski definition) is 4. The summed E-state index contributed by atoms with van der Waals surface area (Å²) in [6, 6.07) is 9.59. The standard InChI is InChI=1S/C25H32N4O3/c1-5-28-18(3)19(10-11-24(30)27-14-12-17(2)13-15-27)25(31)29-23(28)16-21(26-29)20-8-6-7-9-22(20)32-4/h6-9,16-17H,5,10-15H2,1-4H3. The van der Waals surface area contributed by atoms with Gasteiger partial charge in [0.2, 0.25) is 5.91 Å². The number of para-hydroxylation sites is 1. The van der Waals surface area contributed by atoms with Crippen LogP contribution in [-0.4, -0.2) is 45.2 Å². The van der Waals surface area contributed by atoms with Crippen molar-refractivity contribution in [1.29, 1.82) is 0 Å². The number of carbonyl (C=O) groups excluding carboxylic acids is 1. The molecule has 1 aromatic carbocycles. The first-order chi connectivity index (χ1) is 15.4. The lowest BCUT2D eigenvalue weighted by Crippen LogP contribution is -2.38. The van der Waals surface area contributed by atoms with Gasteiger partial charge in [0.1, 0.15) is 11.4 Å². The van der Waals surface area contributed by atoms with Crippen LogP contribution in [0.1, 0.15) is 44.4 Å². The number of benzene rings is 1. The molecule has 1 saturated heterocycles. The van der Waals surface area contributed by atoms with Crippen LogP contribution in [0.4, 0.5) is 0 Å². The van der Waals surface area contributed by atoms with Gasteiger partial charge in [0.25, 0.3) is 5.56 Å². The van der Waals surface area contributed by atoms with Crippen LogP contribution in [-0.2, 0) is 17.8 Å². The third-order valence-electron chi connectivity index (χ3n) is 6.68. The fourth-order valence-corrected chi connectivity index (χ4v) is 4.65. The van der Waals surface area contributed by atoms with E-state index < -0.39 is 0 Å². The Morgan fingerprint density at radius 2 is 1.94 bits per heavy atom. The molecule has 3 aromatic rings. The molecular formula is C25H32N4O3. The van der Waals surface area contributed by atoms with E-state index in [1.807, 2.05) is 42.2 Å². The second-order valence-electron chi connectivity index (χ2n) is 8.68. The molecular weight excluding hydrogens is 404 g/mol. The molecule has 0 bridgehead atoms. The molecule has 0 unspecified atom stereocenters. The summed E-state index contributed by atoms with van der Waals surface area (Å²) in [6.45, 7) is 8.59. The lowest BCUT2D eigenvalue weighted by Gasteiger charge is -2.30. The molecule has 7 nitrogen and oxygen atoms in total. The Hall–Kier alpha value is -3.09. The summed E-state index contributed by atoms with van der Waals surface area (Å²) in [5.41, 5.74) is 3.69. The van der Waals surface area contributed by atoms with Crippen molar-refractivity contribution in [2.75, 3.05) is 20.2 Å². The highest BCUT2D eigenvalue weighted by molar-refractivity contribution is 5.76. The van der Waals surface area contributed by atoms with Crippen molar-refractivity contribution < 1.29 is 9.53 Å². The Kier molecular flexibility index (Phi) is 6.35. The van der Waals surface area contributed by atoms with E-state index in [4.69, 9.17) is 4.74 Å². The summed E-state index contributed by atoms with van der Waals surface area (Å²) in [5.74, 6) is 1.52. The first kappa shape index (κ1) is 22.1. The molecule has 1 aliphatic rings. The lowest BCUT2D eigenvalue weighted by atomic mass is 9.98. The van der Waals surface area contributed by atoms with Gasteiger partial charge in [0.05, 0.1) is 12.8 Å². The second kappa shape index (κ2) is 9.18. The van der Waals surface area contributed by atoms with Gasteiger partial charge in [-0.05, 0) is 51.2 Å². The van der Waals surface area contributed by atoms with Crippen LogP contribution in [0.25, 0.3) is 16.9 Å². The number of amides is 1. The second-order valence-corrected chi connectivity index (χ2v) is 8.68. The van der Waals surface area contributed by atoms with Crippen molar-refractivity contribution in [2.24, 2.45) is 5.92 Å². The number of ether oxygens (including phenoxy) is 1. The summed E-state index contributed by atoms with van der Waals surface area (Å²) < 4.78 is 9.05. The maximum absolute atomic E-state index is 13.4. The van der Waals surface area contributed by atoms with Gasteiger partial charge in [-0.15, -0.1) is 0 Å². The zero-order valence-electron chi connectivity index (χ0n) is 19.4. The summed E-state index contributed by atoms with van der Waals surface area (Å²) in [4.78, 5) is 28.1. The summed E-state index contributed by atoms with van der Waals surface area (Å²) >= 11 is 0. The van der Waals surface area contributed by atoms with E-state index >= 15 is 0 Å². The van der Waals surface area contributed by atoms with E-state index in [-0.39, 0.29) is 11.5 Å². The van der Waals surface area contributed by atoms with Crippen molar-refractivity contribution in [3.63, 3.8) is 0 Å². The summed E-state index contributed by atoms with van der Waals surface area (Å²) in [7, 11) is 1.63. The van der Waals surface area contributed by atoms with E-state index in [1.54, 1.807) is 7.11 Å². The molecule has 32 heavy (non-hydrogen) atoms. The van der Waals surface area contributed by atoms with Crippen LogP contribution in [0.15, 0.2) is 35.1 Å². The average molecular weight is 437 g/mol. The van der Waals surface area contributed by atoms with Crippen LogP contribution in [0.2, 0.25) is 0 Å². The van der Waals surface area contributed by atoms with Crippen molar-refractivity contribution in [3.05, 3.63) is 51.9 Å². The lowest BCUT2D eigenvalue weighted by molar-refractivity contribution is -0.132. The summed E-state index contributed by atoms with van der Waals surface area (Å²) in [6.07, 6.45) is 2.88. The van der Waals surface area contributed by atoms with Crippen molar-refractivity contribution in [3.8, 4) is 17.0 Å². The molecule has 1 aliphatic heterocycles. The highest BCUT2D eigenvalue weighted by atomic mass is 16.5. The maximum Gasteiger partial charge on any atom is 0.277 e. The fourth-order valence-electron chi connectivity index (χ4n) is 4.65. The van der Waals surface area contributed by atoms with Gasteiger partial charge in [0.15, 0.2) is 0 Å². The third-order valence-corrected chi connectivity index (χ3v) is 6.68. The molecule has 0 saturated carbocycles. The Balaban J connectivity index is 1.68. The first-order valence-electron chi connectivity index (χ1n) is 11.5. The van der Waals surface area contributed by atoms with E-state index in [1.165, 1.54) is 4.52 Å². The number of hydrogen-bond donors (Lipinski definition) is 0. The Morgan fingerprint density at radius 1 is 1.22 bits per heavy atom. The molecule has 0 N–H and O–H groups in total. The van der Waals surface area contributed by atoms with Crippen LogP contribution in [0.5, 0.6) is 5.75 Å². The van der Waals surface area contributed by atoms with Gasteiger partial charge in [-0.3, -0.25) is 9.59 Å². The van der Waals surface area contributed by atoms with E-state index in [2.05, 4.69) is 23.5 Å². The normalized spacial score (nSPS) is 14.8. The quantitative estimate of drug-likeness (QED) is 0.591.